The highest BCUT2D eigenvalue weighted by Crippen LogP contribution is 2.44. The molecule has 1 aromatic carbocycles. The van der Waals surface area contributed by atoms with Crippen molar-refractivity contribution in [2.75, 3.05) is 5.32 Å². The molecule has 1 aromatic heterocycles. The number of hydrogen-bond donors (Lipinski definition) is 2. The van der Waals surface area contributed by atoms with Gasteiger partial charge in [-0.1, -0.05) is 18.2 Å². The lowest BCUT2D eigenvalue weighted by Gasteiger charge is -2.14. The first-order chi connectivity index (χ1) is 13.6. The van der Waals surface area contributed by atoms with Gasteiger partial charge in [0.15, 0.2) is 0 Å². The summed E-state index contributed by atoms with van der Waals surface area (Å²) in [4.78, 5) is 21.1. The fourth-order valence-electron chi connectivity index (χ4n) is 3.75. The van der Waals surface area contributed by atoms with Crippen molar-refractivity contribution in [3.8, 4) is 0 Å². The molecule has 2 atom stereocenters. The number of carbonyl (C=O) groups excluding carboxylic acids is 1. The Balaban J connectivity index is 1.57. The topological polar surface area (TPSA) is 89.6 Å². The molecule has 0 spiro atoms. The number of nitrogens with zero attached hydrogens (tertiary/aromatic N) is 2. The van der Waals surface area contributed by atoms with Crippen LogP contribution in [0.5, 0.6) is 0 Å². The lowest BCUT2D eigenvalue weighted by atomic mass is 9.87. The van der Waals surface area contributed by atoms with Gasteiger partial charge < -0.3 is 15.8 Å². The predicted molar refractivity (Wildman–Crippen MR) is 110 cm³/mol. The van der Waals surface area contributed by atoms with Crippen LogP contribution >= 0.6 is 0 Å². The van der Waals surface area contributed by atoms with Crippen LogP contribution in [0.3, 0.4) is 0 Å². The van der Waals surface area contributed by atoms with E-state index in [4.69, 9.17) is 10.5 Å². The molecule has 6 nitrogen and oxygen atoms in total. The Morgan fingerprint density at radius 2 is 1.89 bits per heavy atom. The summed E-state index contributed by atoms with van der Waals surface area (Å²) in [5.74, 6) is -0.171. The second-order valence-electron chi connectivity index (χ2n) is 6.91. The zero-order valence-electron chi connectivity index (χ0n) is 15.6. The van der Waals surface area contributed by atoms with Crippen molar-refractivity contribution < 1.29 is 9.53 Å². The molecule has 4 rings (SSSR count). The van der Waals surface area contributed by atoms with Crippen LogP contribution in [0.4, 0.5) is 5.69 Å². The van der Waals surface area contributed by atoms with Crippen molar-refractivity contribution in [2.24, 2.45) is 10.7 Å². The number of nitrogens with two attached hydrogens (primary N) is 1. The number of rotatable bonds is 5. The number of carbonyl (C=O) groups is 1. The van der Waals surface area contributed by atoms with Gasteiger partial charge in [0.25, 0.3) is 5.91 Å². The van der Waals surface area contributed by atoms with Crippen molar-refractivity contribution in [3.63, 3.8) is 0 Å². The zero-order chi connectivity index (χ0) is 19.5. The van der Waals surface area contributed by atoms with Gasteiger partial charge >= 0.3 is 0 Å². The van der Waals surface area contributed by atoms with Crippen molar-refractivity contribution in [1.29, 1.82) is 0 Å². The molecule has 0 aliphatic carbocycles. The van der Waals surface area contributed by atoms with Gasteiger partial charge in [-0.05, 0) is 61.2 Å². The predicted octanol–water partition coefficient (Wildman–Crippen LogP) is 3.30. The highest BCUT2D eigenvalue weighted by molar-refractivity contribution is 6.11. The molecule has 2 aromatic rings. The molecule has 1 fully saturated rings. The third kappa shape index (κ3) is 3.73. The molecule has 2 bridgehead atoms. The van der Waals surface area contributed by atoms with E-state index in [1.165, 1.54) is 0 Å². The van der Waals surface area contributed by atoms with Crippen molar-refractivity contribution in [1.82, 2.24) is 4.98 Å². The molecule has 1 amide bonds. The molecule has 6 heteroatoms. The first-order valence-corrected chi connectivity index (χ1v) is 9.30. The highest BCUT2D eigenvalue weighted by atomic mass is 16.5. The number of aliphatic imine (C=N–C) groups is 1. The number of nitrogens with one attached hydrogen (secondary N) is 1. The number of amidine groups is 1. The Morgan fingerprint density at radius 1 is 1.18 bits per heavy atom. The second kappa shape index (κ2) is 7.78. The average molecular weight is 374 g/mol. The molecule has 3 heterocycles. The van der Waals surface area contributed by atoms with Crippen LogP contribution in [-0.4, -0.2) is 28.9 Å². The van der Waals surface area contributed by atoms with E-state index in [9.17, 15) is 4.79 Å². The zero-order valence-corrected chi connectivity index (χ0v) is 15.6. The van der Waals surface area contributed by atoms with Gasteiger partial charge in [0.05, 0.1) is 17.8 Å². The molecule has 0 radical (unpaired) electrons. The fraction of sp³-hybridized carbons (Fsp3) is 0.227. The molecule has 2 aliphatic heterocycles. The van der Waals surface area contributed by atoms with E-state index < -0.39 is 0 Å². The van der Waals surface area contributed by atoms with Crippen molar-refractivity contribution in [3.05, 3.63) is 77.8 Å². The maximum absolute atomic E-state index is 12.9. The number of aromatic nitrogens is 1. The Morgan fingerprint density at radius 3 is 2.64 bits per heavy atom. The van der Waals surface area contributed by atoms with Crippen LogP contribution in [0.1, 0.15) is 25.3 Å². The smallest absolute Gasteiger partial charge is 0.277 e. The van der Waals surface area contributed by atoms with Gasteiger partial charge in [-0.25, -0.2) is 0 Å². The lowest BCUT2D eigenvalue weighted by Crippen LogP contribution is -2.19. The van der Waals surface area contributed by atoms with E-state index in [2.05, 4.69) is 15.3 Å². The molecule has 1 saturated heterocycles. The van der Waals surface area contributed by atoms with E-state index >= 15 is 0 Å². The minimum atomic E-state index is -0.333. The number of ether oxygens (including phenoxy) is 1. The summed E-state index contributed by atoms with van der Waals surface area (Å²) in [6.07, 6.45) is 6.58. The van der Waals surface area contributed by atoms with Gasteiger partial charge in [0, 0.05) is 23.8 Å². The maximum Gasteiger partial charge on any atom is 0.277 e. The Kier molecular flexibility index (Phi) is 5.04. The summed E-state index contributed by atoms with van der Waals surface area (Å²) in [5, 5.41) is 3.22. The van der Waals surface area contributed by atoms with Crippen molar-refractivity contribution >= 4 is 23.0 Å². The third-order valence-corrected chi connectivity index (χ3v) is 4.89. The third-order valence-electron chi connectivity index (χ3n) is 4.89. The number of anilines is 1. The van der Waals surface area contributed by atoms with Crippen LogP contribution in [0, 0.1) is 0 Å². The largest absolute Gasteiger partial charge is 0.384 e. The summed E-state index contributed by atoms with van der Waals surface area (Å²) in [6, 6.07) is 13.5. The van der Waals surface area contributed by atoms with Crippen molar-refractivity contribution in [2.45, 2.75) is 32.0 Å². The molecule has 3 N–H and O–H groups in total. The molecular formula is C22H22N4O2. The molecule has 28 heavy (non-hydrogen) atoms. The monoisotopic (exact) mass is 374 g/mol. The highest BCUT2D eigenvalue weighted by Gasteiger charge is 2.43. The van der Waals surface area contributed by atoms with E-state index in [1.807, 2.05) is 49.4 Å². The van der Waals surface area contributed by atoms with Crippen LogP contribution in [0.25, 0.3) is 5.57 Å². The van der Waals surface area contributed by atoms with Gasteiger partial charge in [-0.3, -0.25) is 9.78 Å². The molecule has 0 saturated carbocycles. The molecular weight excluding hydrogens is 352 g/mol. The van der Waals surface area contributed by atoms with Gasteiger partial charge in [-0.2, -0.15) is 4.99 Å². The minimum Gasteiger partial charge on any atom is -0.384 e. The number of hydrogen-bond acceptors (Lipinski definition) is 4. The lowest BCUT2D eigenvalue weighted by molar-refractivity contribution is -0.115. The molecule has 142 valence electrons. The first kappa shape index (κ1) is 18.1. The summed E-state index contributed by atoms with van der Waals surface area (Å²) < 4.78 is 5.96. The SMILES string of the molecule is C/C(=C/C(N)=NC(=O)C1=C(c2ccncc2)C2CCC1O2)Nc1ccccc1. The average Bonchev–Trinajstić information content (AvgIpc) is 3.30. The van der Waals surface area contributed by atoms with Gasteiger partial charge in [0.1, 0.15) is 5.84 Å². The second-order valence-corrected chi connectivity index (χ2v) is 6.91. The van der Waals surface area contributed by atoms with Gasteiger partial charge in [-0.15, -0.1) is 0 Å². The Labute approximate surface area is 163 Å². The standard InChI is InChI=1S/C22H22N4O2/c1-14(25-16-5-3-2-4-6-16)13-19(23)26-22(27)21-18-8-7-17(28-18)20(21)15-9-11-24-12-10-15/h2-6,9-13,17-18,25H,7-8H2,1H3,(H2,23,26,27)/b14-13-. The van der Waals surface area contributed by atoms with Crippen LogP contribution < -0.4 is 11.1 Å². The minimum absolute atomic E-state index is 0.0557. The maximum atomic E-state index is 12.9. The summed E-state index contributed by atoms with van der Waals surface area (Å²) in [6.45, 7) is 1.88. The fourth-order valence-corrected chi connectivity index (χ4v) is 3.75. The summed E-state index contributed by atoms with van der Waals surface area (Å²) >= 11 is 0. The molecule has 2 unspecified atom stereocenters. The summed E-state index contributed by atoms with van der Waals surface area (Å²) in [7, 11) is 0. The summed E-state index contributed by atoms with van der Waals surface area (Å²) in [5.41, 5.74) is 10.3. The Bertz CT molecular complexity index is 965. The first-order valence-electron chi connectivity index (χ1n) is 9.30. The number of pyridine rings is 1. The normalized spacial score (nSPS) is 21.9. The van der Waals surface area contributed by atoms with E-state index in [0.29, 0.717) is 5.57 Å². The van der Waals surface area contributed by atoms with E-state index in [1.54, 1.807) is 18.5 Å². The van der Waals surface area contributed by atoms with Crippen LogP contribution in [0.2, 0.25) is 0 Å². The number of para-hydroxylation sites is 1. The Hall–Kier alpha value is -3.25. The number of benzene rings is 1. The number of fused-ring (bicyclic) bond motifs is 2. The van der Waals surface area contributed by atoms with E-state index in [-0.39, 0.29) is 24.0 Å². The molecule has 2 aliphatic rings. The van der Waals surface area contributed by atoms with Crippen LogP contribution in [-0.2, 0) is 9.53 Å². The van der Waals surface area contributed by atoms with E-state index in [0.717, 1.165) is 35.4 Å². The number of amides is 1. The number of allylic oxidation sites excluding steroid dienone is 1. The van der Waals surface area contributed by atoms with Gasteiger partial charge in [0.2, 0.25) is 0 Å². The van der Waals surface area contributed by atoms with Crippen LogP contribution in [0.15, 0.2) is 77.2 Å². The quantitative estimate of drug-likeness (QED) is 0.619.